The Hall–Kier alpha value is -1.63. The van der Waals surface area contributed by atoms with Crippen LogP contribution < -0.4 is 5.32 Å². The molecule has 0 fully saturated rings. The summed E-state index contributed by atoms with van der Waals surface area (Å²) in [5, 5.41) is 3.35. The van der Waals surface area contributed by atoms with Crippen LogP contribution in [-0.2, 0) is 13.1 Å². The zero-order valence-corrected chi connectivity index (χ0v) is 15.6. The van der Waals surface area contributed by atoms with Crippen molar-refractivity contribution in [2.75, 3.05) is 14.1 Å². The Balaban J connectivity index is 0.00000242. The van der Waals surface area contributed by atoms with Crippen molar-refractivity contribution in [3.05, 3.63) is 65.5 Å². The fourth-order valence-corrected chi connectivity index (χ4v) is 2.18. The van der Waals surface area contributed by atoms with E-state index in [1.807, 2.05) is 38.2 Å². The summed E-state index contributed by atoms with van der Waals surface area (Å²) in [5.41, 5.74) is 3.31. The number of aryl methyl sites for hydroxylation is 1. The molecule has 4 nitrogen and oxygen atoms in total. The second-order valence-corrected chi connectivity index (χ2v) is 5.01. The van der Waals surface area contributed by atoms with E-state index in [0.29, 0.717) is 6.54 Å². The highest BCUT2D eigenvalue weighted by molar-refractivity contribution is 14.0. The number of benzene rings is 1. The van der Waals surface area contributed by atoms with Crippen molar-refractivity contribution >= 4 is 29.9 Å². The first-order chi connectivity index (χ1) is 10.2. The highest BCUT2D eigenvalue weighted by atomic mass is 127. The lowest BCUT2D eigenvalue weighted by molar-refractivity contribution is 0.476. The van der Waals surface area contributed by atoms with Gasteiger partial charge in [0, 0.05) is 26.3 Å². The normalized spacial score (nSPS) is 10.8. The molecule has 0 aliphatic heterocycles. The molecule has 0 aliphatic rings. The SMILES string of the molecule is CN=C(NCc1cccc(C)n1)N(C)Cc1ccccc1.I. The lowest BCUT2D eigenvalue weighted by Crippen LogP contribution is -2.38. The van der Waals surface area contributed by atoms with Crippen molar-refractivity contribution < 1.29 is 0 Å². The Morgan fingerprint density at radius 3 is 2.50 bits per heavy atom. The summed E-state index contributed by atoms with van der Waals surface area (Å²) < 4.78 is 0. The molecule has 0 spiro atoms. The molecule has 0 unspecified atom stereocenters. The summed E-state index contributed by atoms with van der Waals surface area (Å²) in [6, 6.07) is 16.4. The average molecular weight is 410 g/mol. The van der Waals surface area contributed by atoms with Crippen molar-refractivity contribution in [1.29, 1.82) is 0 Å². The molecule has 1 N–H and O–H groups in total. The van der Waals surface area contributed by atoms with Gasteiger partial charge in [-0.1, -0.05) is 36.4 Å². The van der Waals surface area contributed by atoms with Crippen LogP contribution in [0.25, 0.3) is 0 Å². The number of nitrogens with one attached hydrogen (secondary N) is 1. The molecule has 0 bridgehead atoms. The van der Waals surface area contributed by atoms with Gasteiger partial charge in [0.2, 0.25) is 0 Å². The van der Waals surface area contributed by atoms with E-state index in [-0.39, 0.29) is 24.0 Å². The van der Waals surface area contributed by atoms with Crippen LogP contribution in [0.4, 0.5) is 0 Å². The molecule has 1 aromatic carbocycles. The summed E-state index contributed by atoms with van der Waals surface area (Å²) in [4.78, 5) is 10.9. The van der Waals surface area contributed by atoms with Crippen LogP contribution in [-0.4, -0.2) is 29.9 Å². The second-order valence-electron chi connectivity index (χ2n) is 5.01. The van der Waals surface area contributed by atoms with E-state index in [2.05, 4.69) is 44.5 Å². The van der Waals surface area contributed by atoms with E-state index in [4.69, 9.17) is 0 Å². The zero-order chi connectivity index (χ0) is 15.1. The predicted octanol–water partition coefficient (Wildman–Crippen LogP) is 3.22. The average Bonchev–Trinajstić information content (AvgIpc) is 2.49. The Morgan fingerprint density at radius 2 is 1.86 bits per heavy atom. The molecule has 0 amide bonds. The van der Waals surface area contributed by atoms with Gasteiger partial charge < -0.3 is 10.2 Å². The number of pyridine rings is 1. The molecule has 2 rings (SSSR count). The molecular weight excluding hydrogens is 387 g/mol. The molecule has 0 saturated carbocycles. The van der Waals surface area contributed by atoms with Crippen molar-refractivity contribution in [3.63, 3.8) is 0 Å². The third-order valence-electron chi connectivity index (χ3n) is 3.21. The van der Waals surface area contributed by atoms with Crippen LogP contribution in [0, 0.1) is 6.92 Å². The van der Waals surface area contributed by atoms with Crippen molar-refractivity contribution in [2.24, 2.45) is 4.99 Å². The Bertz CT molecular complexity index is 599. The van der Waals surface area contributed by atoms with Gasteiger partial charge in [0.05, 0.1) is 12.2 Å². The molecule has 2 aromatic rings. The van der Waals surface area contributed by atoms with Gasteiger partial charge in [0.25, 0.3) is 0 Å². The minimum absolute atomic E-state index is 0. The number of nitrogens with zero attached hydrogens (tertiary/aromatic N) is 3. The van der Waals surface area contributed by atoms with Gasteiger partial charge in [0.15, 0.2) is 5.96 Å². The first-order valence-electron chi connectivity index (χ1n) is 7.07. The van der Waals surface area contributed by atoms with Crippen molar-refractivity contribution in [1.82, 2.24) is 15.2 Å². The number of rotatable bonds is 4. The lowest BCUT2D eigenvalue weighted by Gasteiger charge is -2.22. The summed E-state index contributed by atoms with van der Waals surface area (Å²) in [6.07, 6.45) is 0. The van der Waals surface area contributed by atoms with E-state index in [9.17, 15) is 0 Å². The summed E-state index contributed by atoms with van der Waals surface area (Å²) >= 11 is 0. The fourth-order valence-electron chi connectivity index (χ4n) is 2.18. The molecule has 118 valence electrons. The lowest BCUT2D eigenvalue weighted by atomic mass is 10.2. The number of aliphatic imine (C=N–C) groups is 1. The Morgan fingerprint density at radius 1 is 1.14 bits per heavy atom. The van der Waals surface area contributed by atoms with Crippen LogP contribution in [0.3, 0.4) is 0 Å². The Labute approximate surface area is 149 Å². The first-order valence-corrected chi connectivity index (χ1v) is 7.07. The molecular formula is C17H23IN4. The van der Waals surface area contributed by atoms with E-state index < -0.39 is 0 Å². The predicted molar refractivity (Wildman–Crippen MR) is 102 cm³/mol. The van der Waals surface area contributed by atoms with Gasteiger partial charge in [-0.2, -0.15) is 0 Å². The number of hydrogen-bond acceptors (Lipinski definition) is 2. The maximum absolute atomic E-state index is 4.49. The quantitative estimate of drug-likeness (QED) is 0.478. The summed E-state index contributed by atoms with van der Waals surface area (Å²) in [6.45, 7) is 3.50. The van der Waals surface area contributed by atoms with E-state index in [0.717, 1.165) is 23.9 Å². The second kappa shape index (κ2) is 9.40. The molecule has 0 aliphatic carbocycles. The molecule has 22 heavy (non-hydrogen) atoms. The molecule has 0 radical (unpaired) electrons. The highest BCUT2D eigenvalue weighted by Crippen LogP contribution is 2.03. The van der Waals surface area contributed by atoms with Crippen LogP contribution in [0.2, 0.25) is 0 Å². The zero-order valence-electron chi connectivity index (χ0n) is 13.3. The summed E-state index contributed by atoms with van der Waals surface area (Å²) in [7, 11) is 3.83. The van der Waals surface area contributed by atoms with Gasteiger partial charge in [0.1, 0.15) is 0 Å². The van der Waals surface area contributed by atoms with Crippen molar-refractivity contribution in [2.45, 2.75) is 20.0 Å². The number of guanidine groups is 1. The fraction of sp³-hybridized carbons (Fsp3) is 0.294. The van der Waals surface area contributed by atoms with Gasteiger partial charge >= 0.3 is 0 Å². The molecule has 5 heteroatoms. The third kappa shape index (κ3) is 5.63. The van der Waals surface area contributed by atoms with Crippen LogP contribution >= 0.6 is 24.0 Å². The van der Waals surface area contributed by atoms with Gasteiger partial charge in [-0.05, 0) is 24.6 Å². The highest BCUT2D eigenvalue weighted by Gasteiger charge is 2.06. The van der Waals surface area contributed by atoms with Crippen LogP contribution in [0.1, 0.15) is 17.0 Å². The molecule has 1 heterocycles. The monoisotopic (exact) mass is 410 g/mol. The van der Waals surface area contributed by atoms with Crippen molar-refractivity contribution in [3.8, 4) is 0 Å². The van der Waals surface area contributed by atoms with E-state index in [1.54, 1.807) is 7.05 Å². The number of hydrogen-bond donors (Lipinski definition) is 1. The standard InChI is InChI=1S/C17H22N4.HI/c1-14-8-7-11-16(20-14)12-19-17(18-2)21(3)13-15-9-5-4-6-10-15;/h4-11H,12-13H2,1-3H3,(H,18,19);1H. The topological polar surface area (TPSA) is 40.5 Å². The minimum atomic E-state index is 0. The van der Waals surface area contributed by atoms with Crippen LogP contribution in [0.15, 0.2) is 53.5 Å². The smallest absolute Gasteiger partial charge is 0.194 e. The van der Waals surface area contributed by atoms with Gasteiger partial charge in [-0.25, -0.2) is 0 Å². The number of aromatic nitrogens is 1. The largest absolute Gasteiger partial charge is 0.351 e. The number of halogens is 1. The van der Waals surface area contributed by atoms with Gasteiger partial charge in [-0.15, -0.1) is 24.0 Å². The minimum Gasteiger partial charge on any atom is -0.351 e. The Kier molecular flexibility index (Phi) is 7.87. The molecule has 0 atom stereocenters. The van der Waals surface area contributed by atoms with E-state index in [1.165, 1.54) is 5.56 Å². The van der Waals surface area contributed by atoms with E-state index >= 15 is 0 Å². The maximum atomic E-state index is 4.49. The first kappa shape index (κ1) is 18.4. The molecule has 1 aromatic heterocycles. The van der Waals surface area contributed by atoms with Crippen LogP contribution in [0.5, 0.6) is 0 Å². The van der Waals surface area contributed by atoms with Gasteiger partial charge in [-0.3, -0.25) is 9.98 Å². The third-order valence-corrected chi connectivity index (χ3v) is 3.21. The maximum Gasteiger partial charge on any atom is 0.194 e. The molecule has 0 saturated heterocycles. The summed E-state index contributed by atoms with van der Waals surface area (Å²) in [5.74, 6) is 0.863.